The maximum absolute atomic E-state index is 12.5. The Balaban J connectivity index is 2.03. The van der Waals surface area contributed by atoms with Crippen LogP contribution in [0.15, 0.2) is 36.5 Å². The molecule has 0 bridgehead atoms. The molecule has 20 heavy (non-hydrogen) atoms. The van der Waals surface area contributed by atoms with Crippen LogP contribution in [0.5, 0.6) is 5.75 Å². The van der Waals surface area contributed by atoms with Crippen LogP contribution in [-0.4, -0.2) is 11.6 Å². The fraction of sp³-hybridized carbons (Fsp3) is 0.250. The van der Waals surface area contributed by atoms with Crippen LogP contribution in [0, 0.1) is 0 Å². The van der Waals surface area contributed by atoms with E-state index in [4.69, 9.17) is 10.6 Å². The van der Waals surface area contributed by atoms with Crippen LogP contribution in [0.1, 0.15) is 15.9 Å². The molecule has 3 N–H and O–H groups in total. The monoisotopic (exact) mass is 303 g/mol. The van der Waals surface area contributed by atoms with E-state index in [1.54, 1.807) is 24.3 Å². The Morgan fingerprint density at radius 3 is 2.55 bits per heavy atom. The van der Waals surface area contributed by atoms with Gasteiger partial charge in [0.25, 0.3) is 0 Å². The number of hydrogen-bond acceptors (Lipinski definition) is 5. The second-order valence-corrected chi connectivity index (χ2v) is 4.97. The van der Waals surface area contributed by atoms with Crippen molar-refractivity contribution in [2.24, 2.45) is 5.84 Å². The molecule has 1 unspecified atom stereocenters. The van der Waals surface area contributed by atoms with Gasteiger partial charge in [-0.3, -0.25) is 5.84 Å². The van der Waals surface area contributed by atoms with Gasteiger partial charge in [-0.2, -0.15) is 13.2 Å². The molecule has 0 spiro atoms. The Hall–Kier alpha value is -1.64. The molecule has 1 aromatic carbocycles. The van der Waals surface area contributed by atoms with Gasteiger partial charge in [0.1, 0.15) is 12.4 Å². The number of hydrogen-bond donors (Lipinski definition) is 2. The molecule has 0 amide bonds. The molecular formula is C12H12F3N3OS. The minimum Gasteiger partial charge on any atom is -0.492 e. The minimum atomic E-state index is -4.44. The molecule has 0 aliphatic carbocycles. The number of rotatable bonds is 5. The van der Waals surface area contributed by atoms with Crippen molar-refractivity contribution in [3.05, 3.63) is 46.4 Å². The van der Waals surface area contributed by atoms with E-state index in [1.807, 2.05) is 6.07 Å². The summed E-state index contributed by atoms with van der Waals surface area (Å²) in [5.41, 5.74) is 2.43. The Bertz CT molecular complexity index is 544. The molecule has 4 nitrogen and oxygen atoms in total. The Labute approximate surface area is 117 Å². The van der Waals surface area contributed by atoms with E-state index >= 15 is 0 Å². The van der Waals surface area contributed by atoms with E-state index in [9.17, 15) is 13.2 Å². The number of ether oxygens (including phenoxy) is 1. The number of thiazole rings is 1. The molecule has 0 fully saturated rings. The molecule has 2 aromatic rings. The fourth-order valence-corrected chi connectivity index (χ4v) is 2.32. The molecule has 1 atom stereocenters. The van der Waals surface area contributed by atoms with E-state index in [0.717, 1.165) is 6.20 Å². The number of aromatic nitrogens is 1. The first-order valence-corrected chi connectivity index (χ1v) is 6.49. The van der Waals surface area contributed by atoms with Gasteiger partial charge in [0.15, 0.2) is 5.01 Å². The minimum absolute atomic E-state index is 0.111. The van der Waals surface area contributed by atoms with Crippen molar-refractivity contribution in [2.75, 3.05) is 6.61 Å². The van der Waals surface area contributed by atoms with E-state index in [2.05, 4.69) is 10.4 Å². The Morgan fingerprint density at radius 2 is 2.00 bits per heavy atom. The summed E-state index contributed by atoms with van der Waals surface area (Å²) < 4.78 is 42.9. The van der Waals surface area contributed by atoms with Gasteiger partial charge >= 0.3 is 6.18 Å². The number of alkyl halides is 3. The average molecular weight is 303 g/mol. The van der Waals surface area contributed by atoms with Crippen molar-refractivity contribution in [1.82, 2.24) is 10.4 Å². The summed E-state index contributed by atoms with van der Waals surface area (Å²) in [5.74, 6) is 5.97. The molecule has 2 rings (SSSR count). The number of halogens is 3. The standard InChI is InChI=1S/C12H12F3N3OS/c13-12(14,15)11-17-6-10(20-11)9(18-16)7-19-8-4-2-1-3-5-8/h1-6,9,18H,7,16H2. The van der Waals surface area contributed by atoms with Crippen LogP contribution in [0.3, 0.4) is 0 Å². The van der Waals surface area contributed by atoms with Crippen molar-refractivity contribution in [1.29, 1.82) is 0 Å². The topological polar surface area (TPSA) is 60.2 Å². The van der Waals surface area contributed by atoms with Crippen LogP contribution in [0.4, 0.5) is 13.2 Å². The van der Waals surface area contributed by atoms with Crippen LogP contribution in [0.2, 0.25) is 0 Å². The van der Waals surface area contributed by atoms with Crippen LogP contribution in [-0.2, 0) is 6.18 Å². The van der Waals surface area contributed by atoms with Gasteiger partial charge in [-0.1, -0.05) is 18.2 Å². The quantitative estimate of drug-likeness (QED) is 0.658. The Morgan fingerprint density at radius 1 is 1.30 bits per heavy atom. The molecule has 1 heterocycles. The number of nitrogens with one attached hydrogen (secondary N) is 1. The molecule has 0 aliphatic heterocycles. The molecule has 0 saturated carbocycles. The largest absolute Gasteiger partial charge is 0.492 e. The lowest BCUT2D eigenvalue weighted by atomic mass is 10.3. The lowest BCUT2D eigenvalue weighted by Crippen LogP contribution is -2.31. The normalized spacial score (nSPS) is 13.2. The van der Waals surface area contributed by atoms with Gasteiger partial charge in [-0.15, -0.1) is 11.3 Å². The molecule has 0 radical (unpaired) electrons. The molecule has 0 aliphatic rings. The number of benzene rings is 1. The maximum Gasteiger partial charge on any atom is 0.443 e. The van der Waals surface area contributed by atoms with Gasteiger partial charge < -0.3 is 4.74 Å². The van der Waals surface area contributed by atoms with E-state index in [0.29, 0.717) is 22.0 Å². The predicted molar refractivity (Wildman–Crippen MR) is 69.1 cm³/mol. The van der Waals surface area contributed by atoms with Crippen molar-refractivity contribution in [3.63, 3.8) is 0 Å². The van der Waals surface area contributed by atoms with Crippen molar-refractivity contribution in [2.45, 2.75) is 12.2 Å². The van der Waals surface area contributed by atoms with E-state index in [-0.39, 0.29) is 6.61 Å². The zero-order chi connectivity index (χ0) is 14.6. The first-order chi connectivity index (χ1) is 9.50. The zero-order valence-electron chi connectivity index (χ0n) is 10.2. The van der Waals surface area contributed by atoms with Gasteiger partial charge in [0.05, 0.1) is 6.04 Å². The second kappa shape index (κ2) is 6.21. The number of nitrogens with two attached hydrogens (primary N) is 1. The summed E-state index contributed by atoms with van der Waals surface area (Å²) in [7, 11) is 0. The van der Waals surface area contributed by atoms with E-state index in [1.165, 1.54) is 0 Å². The highest BCUT2D eigenvalue weighted by molar-refractivity contribution is 7.11. The lowest BCUT2D eigenvalue weighted by Gasteiger charge is -2.14. The second-order valence-electron chi connectivity index (χ2n) is 3.91. The number of para-hydroxylation sites is 1. The van der Waals surface area contributed by atoms with Crippen molar-refractivity contribution >= 4 is 11.3 Å². The number of hydrazine groups is 1. The third-order valence-corrected chi connectivity index (χ3v) is 3.63. The van der Waals surface area contributed by atoms with Gasteiger partial charge in [0.2, 0.25) is 0 Å². The van der Waals surface area contributed by atoms with Crippen LogP contribution < -0.4 is 16.0 Å². The predicted octanol–water partition coefficient (Wildman–Crippen LogP) is 2.75. The third kappa shape index (κ3) is 3.69. The smallest absolute Gasteiger partial charge is 0.443 e. The van der Waals surface area contributed by atoms with Crippen molar-refractivity contribution < 1.29 is 17.9 Å². The highest BCUT2D eigenvalue weighted by Crippen LogP contribution is 2.34. The highest BCUT2D eigenvalue weighted by Gasteiger charge is 2.35. The lowest BCUT2D eigenvalue weighted by molar-refractivity contribution is -0.137. The summed E-state index contributed by atoms with van der Waals surface area (Å²) in [6.45, 7) is 0.111. The van der Waals surface area contributed by atoms with Gasteiger partial charge in [-0.05, 0) is 12.1 Å². The maximum atomic E-state index is 12.5. The Kier molecular flexibility index (Phi) is 4.58. The average Bonchev–Trinajstić information content (AvgIpc) is 2.90. The molecular weight excluding hydrogens is 291 g/mol. The van der Waals surface area contributed by atoms with Crippen molar-refractivity contribution in [3.8, 4) is 5.75 Å². The summed E-state index contributed by atoms with van der Waals surface area (Å²) in [6, 6.07) is 8.39. The summed E-state index contributed by atoms with van der Waals surface area (Å²) in [6.07, 6.45) is -3.28. The first-order valence-electron chi connectivity index (χ1n) is 5.67. The zero-order valence-corrected chi connectivity index (χ0v) is 11.0. The summed E-state index contributed by atoms with van der Waals surface area (Å²) in [4.78, 5) is 3.72. The summed E-state index contributed by atoms with van der Waals surface area (Å²) in [5, 5.41) is -0.896. The highest BCUT2D eigenvalue weighted by atomic mass is 32.1. The first kappa shape index (κ1) is 14.8. The summed E-state index contributed by atoms with van der Waals surface area (Å²) >= 11 is 0.549. The van der Waals surface area contributed by atoms with E-state index < -0.39 is 17.2 Å². The van der Waals surface area contributed by atoms with Gasteiger partial charge in [0, 0.05) is 11.1 Å². The van der Waals surface area contributed by atoms with Gasteiger partial charge in [-0.25, -0.2) is 10.4 Å². The van der Waals surface area contributed by atoms with Crippen LogP contribution in [0.25, 0.3) is 0 Å². The molecule has 8 heteroatoms. The molecule has 0 saturated heterocycles. The number of nitrogens with zero attached hydrogens (tertiary/aromatic N) is 1. The fourth-order valence-electron chi connectivity index (χ4n) is 1.49. The third-order valence-electron chi connectivity index (χ3n) is 2.47. The molecule has 108 valence electrons. The van der Waals surface area contributed by atoms with Crippen LogP contribution >= 0.6 is 11.3 Å². The SMILES string of the molecule is NNC(COc1ccccc1)c1cnc(C(F)(F)F)s1. The molecule has 1 aromatic heterocycles.